The summed E-state index contributed by atoms with van der Waals surface area (Å²) in [6.45, 7) is 1.80. The summed E-state index contributed by atoms with van der Waals surface area (Å²) < 4.78 is 6.39. The van der Waals surface area contributed by atoms with Crippen LogP contribution in [0.15, 0.2) is 60.7 Å². The normalized spacial score (nSPS) is 17.7. The van der Waals surface area contributed by atoms with E-state index in [-0.39, 0.29) is 12.0 Å². The van der Waals surface area contributed by atoms with Gasteiger partial charge in [0.05, 0.1) is 0 Å². The first-order valence-corrected chi connectivity index (χ1v) is 11.1. The molecule has 0 N–H and O–H groups in total. The van der Waals surface area contributed by atoms with Gasteiger partial charge in [0.2, 0.25) is 0 Å². The van der Waals surface area contributed by atoms with Crippen LogP contribution in [-0.2, 0) is 16.1 Å². The second-order valence-corrected chi connectivity index (χ2v) is 8.61. The molecule has 0 aliphatic carbocycles. The molecule has 1 fully saturated rings. The van der Waals surface area contributed by atoms with E-state index in [2.05, 4.69) is 65.6 Å². The molecule has 1 aliphatic rings. The predicted molar refractivity (Wildman–Crippen MR) is 108 cm³/mol. The molecule has 136 valence electrons. The van der Waals surface area contributed by atoms with Gasteiger partial charge in [-0.1, -0.05) is 0 Å². The van der Waals surface area contributed by atoms with Crippen LogP contribution in [0.1, 0.15) is 24.0 Å². The van der Waals surface area contributed by atoms with Crippen LogP contribution in [0.4, 0.5) is 0 Å². The van der Waals surface area contributed by atoms with Crippen LogP contribution in [0, 0.1) is 0 Å². The summed E-state index contributed by atoms with van der Waals surface area (Å²) in [7, 11) is 1.48. The van der Waals surface area contributed by atoms with Gasteiger partial charge >= 0.3 is 162 Å². The second kappa shape index (κ2) is 9.72. The third-order valence-corrected chi connectivity index (χ3v) is 6.87. The summed E-state index contributed by atoms with van der Waals surface area (Å²) in [6.07, 6.45) is 6.42. The number of ether oxygens (including phenoxy) is 1. The molecule has 26 heavy (non-hydrogen) atoms. The van der Waals surface area contributed by atoms with Crippen molar-refractivity contribution in [2.24, 2.45) is 0 Å². The van der Waals surface area contributed by atoms with Gasteiger partial charge in [0.25, 0.3) is 0 Å². The Bertz CT molecular complexity index is 745. The van der Waals surface area contributed by atoms with Gasteiger partial charge in [-0.2, -0.15) is 0 Å². The molecule has 2 aromatic rings. The summed E-state index contributed by atoms with van der Waals surface area (Å²) >= 11 is 0.391. The van der Waals surface area contributed by atoms with E-state index in [1.165, 1.54) is 22.7 Å². The molecule has 3 rings (SSSR count). The summed E-state index contributed by atoms with van der Waals surface area (Å²) in [4.78, 5) is 14.2. The van der Waals surface area contributed by atoms with Gasteiger partial charge in [0.15, 0.2) is 0 Å². The van der Waals surface area contributed by atoms with Crippen molar-refractivity contribution in [3.05, 3.63) is 71.8 Å². The van der Waals surface area contributed by atoms with Gasteiger partial charge in [-0.15, -0.1) is 0 Å². The van der Waals surface area contributed by atoms with Crippen molar-refractivity contribution in [1.29, 1.82) is 0 Å². The Labute approximate surface area is 162 Å². The summed E-state index contributed by atoms with van der Waals surface area (Å²) in [5.41, 5.74) is 2.59. The Morgan fingerprint density at radius 1 is 1.19 bits per heavy atom. The molecule has 0 saturated carbocycles. The molecule has 1 atom stereocenters. The number of hydrogen-bond donors (Lipinski definition) is 0. The molecule has 2 aromatic carbocycles. The molecule has 1 saturated heterocycles. The monoisotopic (exact) mass is 415 g/mol. The number of hydrogen-bond acceptors (Lipinski definition) is 3. The first-order valence-electron chi connectivity index (χ1n) is 9.02. The predicted octanol–water partition coefficient (Wildman–Crippen LogP) is 3.29. The van der Waals surface area contributed by atoms with E-state index in [9.17, 15) is 4.79 Å². The van der Waals surface area contributed by atoms with E-state index in [0.717, 1.165) is 31.3 Å². The Kier molecular flexibility index (Phi) is 7.07. The van der Waals surface area contributed by atoms with Crippen LogP contribution >= 0.6 is 0 Å². The van der Waals surface area contributed by atoms with E-state index in [1.54, 1.807) is 0 Å². The number of likely N-dealkylation sites (tertiary alicyclic amines) is 1. The van der Waals surface area contributed by atoms with Crippen LogP contribution in [0.3, 0.4) is 0 Å². The minimum atomic E-state index is -0.101. The average molecular weight is 414 g/mol. The molecule has 0 amide bonds. The molecule has 3 nitrogen and oxygen atoms in total. The number of rotatable bonds is 7. The van der Waals surface area contributed by atoms with E-state index < -0.39 is 0 Å². The fourth-order valence-corrected chi connectivity index (χ4v) is 5.11. The molecule has 1 heterocycles. The van der Waals surface area contributed by atoms with Gasteiger partial charge in [-0.25, -0.2) is 0 Å². The van der Waals surface area contributed by atoms with E-state index in [0.29, 0.717) is 15.0 Å². The maximum atomic E-state index is 12.0. The first kappa shape index (κ1) is 18.9. The Balaban J connectivity index is 1.61. The summed E-state index contributed by atoms with van der Waals surface area (Å²) in [5.74, 6) is -0.101. The van der Waals surface area contributed by atoms with Crippen molar-refractivity contribution in [3.8, 4) is 0 Å². The Morgan fingerprint density at radius 2 is 1.96 bits per heavy atom. The zero-order chi connectivity index (χ0) is 18.2. The molecule has 0 bridgehead atoms. The van der Waals surface area contributed by atoms with Crippen molar-refractivity contribution in [2.45, 2.75) is 30.7 Å². The first-order chi connectivity index (χ1) is 12.8. The van der Waals surface area contributed by atoms with Crippen molar-refractivity contribution in [1.82, 2.24) is 4.90 Å². The van der Waals surface area contributed by atoms with Crippen molar-refractivity contribution in [2.75, 3.05) is 13.7 Å². The van der Waals surface area contributed by atoms with E-state index in [1.807, 2.05) is 6.07 Å². The van der Waals surface area contributed by atoms with E-state index >= 15 is 0 Å². The maximum absolute atomic E-state index is 12.0. The topological polar surface area (TPSA) is 29.5 Å². The molecule has 0 radical (unpaired) electrons. The van der Waals surface area contributed by atoms with Crippen molar-refractivity contribution in [3.63, 3.8) is 0 Å². The van der Waals surface area contributed by atoms with Crippen LogP contribution in [0.25, 0.3) is 6.08 Å². The molecular weight excluding hydrogens is 389 g/mol. The zero-order valence-electron chi connectivity index (χ0n) is 15.1. The van der Waals surface area contributed by atoms with Crippen LogP contribution in [0.5, 0.6) is 0 Å². The number of allylic oxidation sites excluding steroid dienone is 1. The van der Waals surface area contributed by atoms with Gasteiger partial charge in [-0.3, -0.25) is 0 Å². The zero-order valence-corrected chi connectivity index (χ0v) is 16.8. The number of methoxy groups -OCH3 is 1. The average Bonchev–Trinajstić information content (AvgIpc) is 3.15. The standard InChI is InChI=1S/C22H25NO2Se/c1-25-22(24)20-13-7-15-23(20)17-19-12-5-6-14-21(19)26-16-8-11-18-9-3-2-4-10-18/h2-6,8-12,14,20H,7,13,15-17H2,1H3/b11-8+/t20-/m0/s1. The number of nitrogens with zero attached hydrogens (tertiary/aromatic N) is 1. The molecule has 0 spiro atoms. The summed E-state index contributed by atoms with van der Waals surface area (Å²) in [6, 6.07) is 19.0. The van der Waals surface area contributed by atoms with E-state index in [4.69, 9.17) is 4.74 Å². The molecule has 1 aliphatic heterocycles. The molecule has 0 aromatic heterocycles. The number of esters is 1. The Morgan fingerprint density at radius 3 is 2.77 bits per heavy atom. The van der Waals surface area contributed by atoms with Crippen LogP contribution in [0.2, 0.25) is 5.32 Å². The molecule has 4 heteroatoms. The second-order valence-electron chi connectivity index (χ2n) is 6.38. The minimum absolute atomic E-state index is 0.0847. The molecular formula is C22H25NO2Se. The fourth-order valence-electron chi connectivity index (χ4n) is 3.30. The van der Waals surface area contributed by atoms with Gasteiger partial charge in [0, 0.05) is 0 Å². The Hall–Kier alpha value is -1.87. The molecule has 0 unspecified atom stereocenters. The van der Waals surface area contributed by atoms with Gasteiger partial charge in [0.1, 0.15) is 0 Å². The van der Waals surface area contributed by atoms with Crippen LogP contribution in [-0.4, -0.2) is 45.5 Å². The van der Waals surface area contributed by atoms with Crippen LogP contribution < -0.4 is 4.46 Å². The van der Waals surface area contributed by atoms with Crippen molar-refractivity contribution < 1.29 is 9.53 Å². The number of carbonyl (C=O) groups is 1. The third-order valence-electron chi connectivity index (χ3n) is 4.63. The number of benzene rings is 2. The van der Waals surface area contributed by atoms with Gasteiger partial charge in [-0.05, 0) is 0 Å². The summed E-state index contributed by atoms with van der Waals surface area (Å²) in [5, 5.41) is 1.07. The van der Waals surface area contributed by atoms with Crippen molar-refractivity contribution >= 4 is 31.5 Å². The quantitative estimate of drug-likeness (QED) is 0.515. The number of carbonyl (C=O) groups excluding carboxylic acids is 1. The van der Waals surface area contributed by atoms with Gasteiger partial charge < -0.3 is 0 Å². The fraction of sp³-hybridized carbons (Fsp3) is 0.318. The third kappa shape index (κ3) is 5.07. The SMILES string of the molecule is COC(=O)[C@@H]1CCCN1Cc1ccccc1[Se]C/C=C/c1ccccc1.